The lowest BCUT2D eigenvalue weighted by Gasteiger charge is -2.33. The summed E-state index contributed by atoms with van der Waals surface area (Å²) in [7, 11) is 1.55. The lowest BCUT2D eigenvalue weighted by Crippen LogP contribution is -2.34. The first-order valence-electron chi connectivity index (χ1n) is 9.54. The number of fused-ring (bicyclic) bond motifs is 1. The number of hydrogen-bond donors (Lipinski definition) is 2. The molecule has 7 heteroatoms. The number of anilines is 1. The molecular weight excluding hydrogens is 402 g/mol. The number of nitrogens with one attached hydrogen (secondary N) is 2. The molecule has 1 atom stereocenters. The number of nitrogens with zero attached hydrogens (tertiary/aromatic N) is 1. The van der Waals surface area contributed by atoms with Crippen LogP contribution in [0.2, 0.25) is 0 Å². The van der Waals surface area contributed by atoms with E-state index in [-0.39, 0.29) is 16.4 Å². The first-order chi connectivity index (χ1) is 13.7. The van der Waals surface area contributed by atoms with Gasteiger partial charge in [0.15, 0.2) is 5.11 Å². The summed E-state index contributed by atoms with van der Waals surface area (Å²) >= 11 is 6.90. The van der Waals surface area contributed by atoms with E-state index >= 15 is 0 Å². The second kappa shape index (κ2) is 8.52. The number of methoxy groups -OCH3 is 1. The van der Waals surface area contributed by atoms with E-state index in [0.29, 0.717) is 27.8 Å². The SMILES string of the molecule is COc1cccc(C(=O)NC(=S)Nc2sc3c(c2C#N)CCC(C(C)(C)C)C3)c1. The number of rotatable bonds is 3. The molecule has 0 radical (unpaired) electrons. The molecule has 1 heterocycles. The van der Waals surface area contributed by atoms with Crippen molar-refractivity contribution in [3.63, 3.8) is 0 Å². The molecule has 1 aromatic carbocycles. The van der Waals surface area contributed by atoms with Crippen LogP contribution in [0.1, 0.15) is 53.6 Å². The maximum absolute atomic E-state index is 12.5. The van der Waals surface area contributed by atoms with E-state index in [2.05, 4.69) is 37.5 Å². The molecule has 0 aliphatic heterocycles. The summed E-state index contributed by atoms with van der Waals surface area (Å²) in [5.74, 6) is 0.865. The Bertz CT molecular complexity index is 983. The average molecular weight is 428 g/mol. The van der Waals surface area contributed by atoms with Crippen molar-refractivity contribution in [3.8, 4) is 11.8 Å². The number of nitriles is 1. The second-order valence-electron chi connectivity index (χ2n) is 8.27. The maximum Gasteiger partial charge on any atom is 0.257 e. The lowest BCUT2D eigenvalue weighted by atomic mass is 9.72. The molecule has 0 saturated heterocycles. The van der Waals surface area contributed by atoms with Gasteiger partial charge in [-0.15, -0.1) is 11.3 Å². The molecule has 1 aliphatic rings. The van der Waals surface area contributed by atoms with Gasteiger partial charge in [0, 0.05) is 10.4 Å². The van der Waals surface area contributed by atoms with Crippen LogP contribution in [0.25, 0.3) is 0 Å². The lowest BCUT2D eigenvalue weighted by molar-refractivity contribution is 0.0977. The number of hydrogen-bond acceptors (Lipinski definition) is 5. The molecule has 1 amide bonds. The third kappa shape index (κ3) is 4.77. The van der Waals surface area contributed by atoms with Crippen LogP contribution in [0.5, 0.6) is 5.75 Å². The zero-order valence-corrected chi connectivity index (χ0v) is 18.7. The number of amides is 1. The fourth-order valence-corrected chi connectivity index (χ4v) is 5.15. The number of thiocarbonyl (C=S) groups is 1. The first kappa shape index (κ1) is 21.3. The van der Waals surface area contributed by atoms with Crippen molar-refractivity contribution < 1.29 is 9.53 Å². The van der Waals surface area contributed by atoms with Gasteiger partial charge in [-0.25, -0.2) is 0 Å². The molecule has 0 fully saturated rings. The minimum Gasteiger partial charge on any atom is -0.497 e. The molecule has 29 heavy (non-hydrogen) atoms. The molecule has 3 rings (SSSR count). The van der Waals surface area contributed by atoms with Crippen LogP contribution >= 0.6 is 23.6 Å². The van der Waals surface area contributed by atoms with Crippen molar-refractivity contribution in [1.82, 2.24) is 5.32 Å². The van der Waals surface area contributed by atoms with Gasteiger partial charge in [0.25, 0.3) is 5.91 Å². The highest BCUT2D eigenvalue weighted by Crippen LogP contribution is 2.43. The van der Waals surface area contributed by atoms with Crippen LogP contribution in [-0.4, -0.2) is 18.1 Å². The van der Waals surface area contributed by atoms with E-state index in [1.807, 2.05) is 0 Å². The highest BCUT2D eigenvalue weighted by atomic mass is 32.1. The largest absolute Gasteiger partial charge is 0.497 e. The highest BCUT2D eigenvalue weighted by Gasteiger charge is 2.32. The Morgan fingerprint density at radius 3 is 2.79 bits per heavy atom. The smallest absolute Gasteiger partial charge is 0.257 e. The van der Waals surface area contributed by atoms with Crippen LogP contribution in [0.15, 0.2) is 24.3 Å². The number of thiophene rings is 1. The van der Waals surface area contributed by atoms with Crippen molar-refractivity contribution in [2.75, 3.05) is 12.4 Å². The summed E-state index contributed by atoms with van der Waals surface area (Å²) in [4.78, 5) is 13.7. The van der Waals surface area contributed by atoms with E-state index in [1.54, 1.807) is 42.7 Å². The fraction of sp³-hybridized carbons (Fsp3) is 0.409. The maximum atomic E-state index is 12.5. The van der Waals surface area contributed by atoms with Gasteiger partial charge >= 0.3 is 0 Å². The van der Waals surface area contributed by atoms with Crippen molar-refractivity contribution >= 4 is 39.6 Å². The van der Waals surface area contributed by atoms with Crippen molar-refractivity contribution in [3.05, 3.63) is 45.8 Å². The summed E-state index contributed by atoms with van der Waals surface area (Å²) in [6, 6.07) is 9.18. The Kier molecular flexibility index (Phi) is 6.25. The van der Waals surface area contributed by atoms with Gasteiger partial charge in [0.2, 0.25) is 0 Å². The Morgan fingerprint density at radius 1 is 1.38 bits per heavy atom. The van der Waals surface area contributed by atoms with Gasteiger partial charge in [0.1, 0.15) is 16.8 Å². The quantitative estimate of drug-likeness (QED) is 0.681. The Balaban J connectivity index is 1.73. The van der Waals surface area contributed by atoms with Crippen LogP contribution < -0.4 is 15.4 Å². The zero-order valence-electron chi connectivity index (χ0n) is 17.1. The van der Waals surface area contributed by atoms with E-state index in [9.17, 15) is 10.1 Å². The van der Waals surface area contributed by atoms with Gasteiger partial charge in [-0.2, -0.15) is 5.26 Å². The molecule has 2 N–H and O–H groups in total. The zero-order chi connectivity index (χ0) is 21.2. The minimum absolute atomic E-state index is 0.181. The fourth-order valence-electron chi connectivity index (χ4n) is 3.61. The van der Waals surface area contributed by atoms with Crippen molar-refractivity contribution in [1.29, 1.82) is 5.26 Å². The molecule has 0 saturated carbocycles. The monoisotopic (exact) mass is 427 g/mol. The van der Waals surface area contributed by atoms with E-state index in [1.165, 1.54) is 4.88 Å². The van der Waals surface area contributed by atoms with Gasteiger partial charge in [-0.1, -0.05) is 26.8 Å². The Labute approximate surface area is 181 Å². The Morgan fingerprint density at radius 2 is 2.14 bits per heavy atom. The van der Waals surface area contributed by atoms with Crippen molar-refractivity contribution in [2.24, 2.45) is 11.3 Å². The highest BCUT2D eigenvalue weighted by molar-refractivity contribution is 7.80. The summed E-state index contributed by atoms with van der Waals surface area (Å²) in [6.45, 7) is 6.80. The predicted molar refractivity (Wildman–Crippen MR) is 121 cm³/mol. The van der Waals surface area contributed by atoms with Crippen LogP contribution in [0, 0.1) is 22.7 Å². The number of carbonyl (C=O) groups is 1. The topological polar surface area (TPSA) is 74.2 Å². The normalized spacial score (nSPS) is 15.8. The molecule has 1 aromatic heterocycles. The molecule has 152 valence electrons. The molecule has 1 unspecified atom stereocenters. The summed E-state index contributed by atoms with van der Waals surface area (Å²) in [6.07, 6.45) is 2.96. The summed E-state index contributed by atoms with van der Waals surface area (Å²) in [5.41, 5.74) is 2.47. The van der Waals surface area contributed by atoms with E-state index < -0.39 is 0 Å². The standard InChI is InChI=1S/C22H25N3O2S2/c1-22(2,3)14-8-9-16-17(12-23)20(29-18(16)11-14)25-21(28)24-19(26)13-6-5-7-15(10-13)27-4/h5-7,10,14H,8-9,11H2,1-4H3,(H2,24,25,26,28). The molecule has 1 aliphatic carbocycles. The number of benzene rings is 1. The number of carbonyl (C=O) groups excluding carboxylic acids is 1. The third-order valence-electron chi connectivity index (χ3n) is 5.39. The van der Waals surface area contributed by atoms with Crippen LogP contribution in [0.4, 0.5) is 5.00 Å². The van der Waals surface area contributed by atoms with Gasteiger partial charge in [0.05, 0.1) is 12.7 Å². The van der Waals surface area contributed by atoms with Gasteiger partial charge in [-0.05, 0) is 66.6 Å². The van der Waals surface area contributed by atoms with Gasteiger partial charge in [-0.3, -0.25) is 10.1 Å². The summed E-state index contributed by atoms with van der Waals surface area (Å²) in [5, 5.41) is 16.3. The molecular formula is C22H25N3O2S2. The van der Waals surface area contributed by atoms with Crippen molar-refractivity contribution in [2.45, 2.75) is 40.0 Å². The molecule has 0 bridgehead atoms. The van der Waals surface area contributed by atoms with Gasteiger partial charge < -0.3 is 10.1 Å². The van der Waals surface area contributed by atoms with E-state index in [0.717, 1.165) is 24.8 Å². The number of ether oxygens (including phenoxy) is 1. The summed E-state index contributed by atoms with van der Waals surface area (Å²) < 4.78 is 5.15. The van der Waals surface area contributed by atoms with E-state index in [4.69, 9.17) is 17.0 Å². The molecule has 0 spiro atoms. The second-order valence-corrected chi connectivity index (χ2v) is 9.78. The van der Waals surface area contributed by atoms with Crippen LogP contribution in [0.3, 0.4) is 0 Å². The Hall–Kier alpha value is -2.43. The minimum atomic E-state index is -0.325. The van der Waals surface area contributed by atoms with Crippen LogP contribution in [-0.2, 0) is 12.8 Å². The molecule has 5 nitrogen and oxygen atoms in total. The average Bonchev–Trinajstić information content (AvgIpc) is 3.03. The first-order valence-corrected chi connectivity index (χ1v) is 10.8. The predicted octanol–water partition coefficient (Wildman–Crippen LogP) is 4.91. The third-order valence-corrected chi connectivity index (χ3v) is 6.76. The molecule has 2 aromatic rings.